The molecule has 2 heterocycles. The number of carbonyl (C=O) groups excluding carboxylic acids is 1. The lowest BCUT2D eigenvalue weighted by molar-refractivity contribution is -0.116. The predicted molar refractivity (Wildman–Crippen MR) is 121 cm³/mol. The van der Waals surface area contributed by atoms with E-state index in [0.717, 1.165) is 22.6 Å². The second-order valence-corrected chi connectivity index (χ2v) is 7.97. The summed E-state index contributed by atoms with van der Waals surface area (Å²) >= 11 is 0. The minimum absolute atomic E-state index is 0.0175. The van der Waals surface area contributed by atoms with Crippen LogP contribution in [-0.4, -0.2) is 37.4 Å². The molecule has 3 aromatic rings. The SMILES string of the molecule is COc1ccc([C@@H]2CC(=O)C3=C(C2)Nc2nonc2N[C@H]3c2cc(OC)ccc2OC)cc1. The smallest absolute Gasteiger partial charge is 0.219 e. The van der Waals surface area contributed by atoms with Gasteiger partial charge < -0.3 is 24.8 Å². The average Bonchev–Trinajstić information content (AvgIpc) is 3.22. The quantitative estimate of drug-likeness (QED) is 0.597. The Morgan fingerprint density at radius 1 is 0.909 bits per heavy atom. The summed E-state index contributed by atoms with van der Waals surface area (Å²) in [7, 11) is 4.83. The van der Waals surface area contributed by atoms with Gasteiger partial charge in [-0.15, -0.1) is 0 Å². The predicted octanol–water partition coefficient (Wildman–Crippen LogP) is 4.07. The maximum absolute atomic E-state index is 13.6. The van der Waals surface area contributed by atoms with Gasteiger partial charge in [-0.3, -0.25) is 4.79 Å². The van der Waals surface area contributed by atoms with Crippen molar-refractivity contribution in [2.75, 3.05) is 32.0 Å². The van der Waals surface area contributed by atoms with Gasteiger partial charge in [0.05, 0.1) is 27.4 Å². The van der Waals surface area contributed by atoms with Gasteiger partial charge in [-0.1, -0.05) is 12.1 Å². The number of benzene rings is 2. The first-order valence-electron chi connectivity index (χ1n) is 10.6. The number of ether oxygens (including phenoxy) is 3. The highest BCUT2D eigenvalue weighted by Gasteiger charge is 2.38. The number of allylic oxidation sites excluding steroid dienone is 1. The molecule has 0 fully saturated rings. The van der Waals surface area contributed by atoms with Crippen molar-refractivity contribution in [2.45, 2.75) is 24.8 Å². The Hall–Kier alpha value is -4.01. The second-order valence-electron chi connectivity index (χ2n) is 7.97. The number of fused-ring (bicyclic) bond motifs is 1. The lowest BCUT2D eigenvalue weighted by Crippen LogP contribution is -2.27. The van der Waals surface area contributed by atoms with Crippen LogP contribution < -0.4 is 24.8 Å². The average molecular weight is 448 g/mol. The molecule has 5 rings (SSSR count). The van der Waals surface area contributed by atoms with Crippen LogP contribution in [0.4, 0.5) is 11.6 Å². The molecule has 1 aliphatic carbocycles. The number of methoxy groups -OCH3 is 3. The first kappa shape index (κ1) is 20.9. The molecule has 0 radical (unpaired) electrons. The van der Waals surface area contributed by atoms with Crippen LogP contribution >= 0.6 is 0 Å². The number of carbonyl (C=O) groups is 1. The van der Waals surface area contributed by atoms with Crippen LogP contribution in [0.15, 0.2) is 58.4 Å². The minimum Gasteiger partial charge on any atom is -0.497 e. The zero-order chi connectivity index (χ0) is 22.9. The number of hydrogen-bond donors (Lipinski definition) is 2. The lowest BCUT2D eigenvalue weighted by atomic mass is 9.78. The van der Waals surface area contributed by atoms with Gasteiger partial charge >= 0.3 is 0 Å². The van der Waals surface area contributed by atoms with Crippen LogP contribution in [0.25, 0.3) is 0 Å². The molecule has 2 aromatic carbocycles. The Balaban J connectivity index is 1.60. The minimum atomic E-state index is -0.519. The van der Waals surface area contributed by atoms with Crippen LogP contribution in [0.2, 0.25) is 0 Å². The largest absolute Gasteiger partial charge is 0.497 e. The van der Waals surface area contributed by atoms with E-state index in [0.29, 0.717) is 41.5 Å². The molecule has 2 atom stereocenters. The maximum atomic E-state index is 13.6. The van der Waals surface area contributed by atoms with E-state index in [1.807, 2.05) is 42.5 Å². The number of Topliss-reactive ketones (excluding diaryl/α,β-unsaturated/α-hetero) is 1. The molecular weight excluding hydrogens is 424 g/mol. The molecule has 9 heteroatoms. The first-order valence-corrected chi connectivity index (χ1v) is 10.6. The molecule has 1 aromatic heterocycles. The van der Waals surface area contributed by atoms with Crippen molar-refractivity contribution in [1.29, 1.82) is 0 Å². The lowest BCUT2D eigenvalue weighted by Gasteiger charge is -2.30. The number of aromatic nitrogens is 2. The molecule has 170 valence electrons. The van der Waals surface area contributed by atoms with Gasteiger partial charge in [0, 0.05) is 23.3 Å². The standard InChI is InChI=1S/C24H24N4O5/c1-30-15-6-4-13(5-7-15)14-10-18-21(19(29)11-14)22(26-24-23(25-18)27-33-28-24)17-12-16(31-2)8-9-20(17)32-3/h4-9,12,14,22H,10-11H2,1-3H3,(H,25,27)(H,26,28)/t14-,22-/m0/s1. The van der Waals surface area contributed by atoms with E-state index in [1.165, 1.54) is 0 Å². The summed E-state index contributed by atoms with van der Waals surface area (Å²) < 4.78 is 21.3. The highest BCUT2D eigenvalue weighted by Crippen LogP contribution is 2.45. The highest BCUT2D eigenvalue weighted by molar-refractivity contribution is 6.01. The normalized spacial score (nSPS) is 19.5. The van der Waals surface area contributed by atoms with Crippen LogP contribution in [0.5, 0.6) is 17.2 Å². The molecule has 2 aliphatic rings. The summed E-state index contributed by atoms with van der Waals surface area (Å²) in [6.07, 6.45) is 1.01. The maximum Gasteiger partial charge on any atom is 0.219 e. The number of anilines is 2. The Kier molecular flexibility index (Phi) is 5.37. The second kappa shape index (κ2) is 8.50. The van der Waals surface area contributed by atoms with E-state index in [1.54, 1.807) is 21.3 Å². The van der Waals surface area contributed by atoms with Crippen molar-refractivity contribution in [3.63, 3.8) is 0 Å². The number of nitrogens with zero attached hydrogens (tertiary/aromatic N) is 2. The van der Waals surface area contributed by atoms with Gasteiger partial charge in [0.2, 0.25) is 11.6 Å². The van der Waals surface area contributed by atoms with Gasteiger partial charge in [-0.2, -0.15) is 0 Å². The van der Waals surface area contributed by atoms with Gasteiger partial charge in [0.15, 0.2) is 5.78 Å². The molecule has 0 spiro atoms. The van der Waals surface area contributed by atoms with Crippen molar-refractivity contribution in [2.24, 2.45) is 0 Å². The summed E-state index contributed by atoms with van der Waals surface area (Å²) in [5.74, 6) is 2.98. The van der Waals surface area contributed by atoms with Gasteiger partial charge in [0.1, 0.15) is 17.2 Å². The topological polar surface area (TPSA) is 108 Å². The summed E-state index contributed by atoms with van der Waals surface area (Å²) in [4.78, 5) is 13.6. The molecule has 9 nitrogen and oxygen atoms in total. The van der Waals surface area contributed by atoms with Crippen LogP contribution in [0.1, 0.15) is 35.9 Å². The van der Waals surface area contributed by atoms with Crippen molar-refractivity contribution in [3.05, 3.63) is 64.9 Å². The summed E-state index contributed by atoms with van der Waals surface area (Å²) in [6, 6.07) is 12.8. The van der Waals surface area contributed by atoms with Gasteiger partial charge in [0.25, 0.3) is 0 Å². The number of ketones is 1. The Morgan fingerprint density at radius 2 is 1.64 bits per heavy atom. The summed E-state index contributed by atoms with van der Waals surface area (Å²) in [5.41, 5.74) is 3.25. The van der Waals surface area contributed by atoms with E-state index in [-0.39, 0.29) is 11.7 Å². The first-order chi connectivity index (χ1) is 16.1. The third-order valence-corrected chi connectivity index (χ3v) is 6.17. The Morgan fingerprint density at radius 3 is 2.36 bits per heavy atom. The summed E-state index contributed by atoms with van der Waals surface area (Å²) in [5, 5.41) is 14.6. The molecule has 2 N–H and O–H groups in total. The van der Waals surface area contributed by atoms with E-state index in [9.17, 15) is 4.79 Å². The van der Waals surface area contributed by atoms with E-state index >= 15 is 0 Å². The number of hydrogen-bond acceptors (Lipinski definition) is 9. The molecule has 0 unspecified atom stereocenters. The zero-order valence-corrected chi connectivity index (χ0v) is 18.5. The third-order valence-electron chi connectivity index (χ3n) is 6.17. The number of rotatable bonds is 5. The van der Waals surface area contributed by atoms with E-state index in [4.69, 9.17) is 18.8 Å². The fourth-order valence-corrected chi connectivity index (χ4v) is 4.51. The van der Waals surface area contributed by atoms with Crippen molar-refractivity contribution in [1.82, 2.24) is 10.3 Å². The van der Waals surface area contributed by atoms with Crippen molar-refractivity contribution < 1.29 is 23.6 Å². The van der Waals surface area contributed by atoms with E-state index < -0.39 is 6.04 Å². The molecule has 33 heavy (non-hydrogen) atoms. The van der Waals surface area contributed by atoms with E-state index in [2.05, 4.69) is 20.9 Å². The van der Waals surface area contributed by atoms with Gasteiger partial charge in [-0.05, 0) is 58.5 Å². The Labute approximate surface area is 190 Å². The van der Waals surface area contributed by atoms with Crippen molar-refractivity contribution in [3.8, 4) is 17.2 Å². The molecule has 0 saturated carbocycles. The third kappa shape index (κ3) is 3.75. The molecular formula is C24H24N4O5. The zero-order valence-electron chi connectivity index (χ0n) is 18.5. The molecule has 0 bridgehead atoms. The van der Waals surface area contributed by atoms with Crippen LogP contribution in [0, 0.1) is 0 Å². The van der Waals surface area contributed by atoms with Crippen molar-refractivity contribution >= 4 is 17.4 Å². The summed E-state index contributed by atoms with van der Waals surface area (Å²) in [6.45, 7) is 0. The van der Waals surface area contributed by atoms with Gasteiger partial charge in [-0.25, -0.2) is 4.63 Å². The van der Waals surface area contributed by atoms with Crippen LogP contribution in [-0.2, 0) is 4.79 Å². The molecule has 0 saturated heterocycles. The number of nitrogens with one attached hydrogen (secondary N) is 2. The molecule has 1 aliphatic heterocycles. The fraction of sp³-hybridized carbons (Fsp3) is 0.292. The van der Waals surface area contributed by atoms with Crippen LogP contribution in [0.3, 0.4) is 0 Å². The Bertz CT molecular complexity index is 1220. The monoisotopic (exact) mass is 448 g/mol. The fourth-order valence-electron chi connectivity index (χ4n) is 4.51. The highest BCUT2D eigenvalue weighted by atomic mass is 16.6. The molecule has 0 amide bonds.